The zero-order valence-corrected chi connectivity index (χ0v) is 13.5. The van der Waals surface area contributed by atoms with Crippen molar-refractivity contribution in [1.82, 2.24) is 0 Å². The van der Waals surface area contributed by atoms with E-state index in [1.54, 1.807) is 13.2 Å². The Labute approximate surface area is 134 Å². The molecule has 1 aromatic rings. The monoisotopic (exact) mass is 292 g/mol. The normalized spacial score (nSPS) is 13.9. The van der Waals surface area contributed by atoms with Gasteiger partial charge < -0.3 is 4.74 Å². The van der Waals surface area contributed by atoms with Crippen LogP contribution in [-0.2, 0) is 10.3 Å². The molecule has 0 N–H and O–H groups in total. The van der Waals surface area contributed by atoms with Gasteiger partial charge >= 0.3 is 0 Å². The number of hydrogen-bond donors (Lipinski definition) is 0. The van der Waals surface area contributed by atoms with E-state index in [-0.39, 0.29) is 0 Å². The number of hydrogen-bond acceptors (Lipinski definition) is 1. The Kier molecular flexibility index (Phi) is 6.55. The maximum absolute atomic E-state index is 5.91. The van der Waals surface area contributed by atoms with Crippen molar-refractivity contribution >= 4 is 0 Å². The molecule has 0 bridgehead atoms. The molecule has 0 aliphatic heterocycles. The molecule has 0 saturated heterocycles. The first-order valence-electron chi connectivity index (χ1n) is 7.11. The highest BCUT2D eigenvalue weighted by molar-refractivity contribution is 5.50. The van der Waals surface area contributed by atoms with Crippen molar-refractivity contribution in [2.45, 2.75) is 12.5 Å². The third-order valence-corrected chi connectivity index (χ3v) is 3.39. The average Bonchev–Trinajstić information content (AvgIpc) is 2.53. The van der Waals surface area contributed by atoms with Crippen molar-refractivity contribution in [2.75, 3.05) is 7.11 Å². The highest BCUT2D eigenvalue weighted by Crippen LogP contribution is 2.40. The van der Waals surface area contributed by atoms with Gasteiger partial charge in [0.1, 0.15) is 5.60 Å². The topological polar surface area (TPSA) is 9.23 Å². The van der Waals surface area contributed by atoms with Crippen molar-refractivity contribution in [3.63, 3.8) is 0 Å². The smallest absolute Gasteiger partial charge is 0.142 e. The fraction of sp³-hybridized carbons (Fsp3) is 0.143. The lowest BCUT2D eigenvalue weighted by Gasteiger charge is -2.35. The summed E-state index contributed by atoms with van der Waals surface area (Å²) in [7, 11) is 1.67. The molecular weight excluding hydrogens is 268 g/mol. The lowest BCUT2D eigenvalue weighted by Crippen LogP contribution is -2.31. The molecule has 0 amide bonds. The first-order valence-corrected chi connectivity index (χ1v) is 7.11. The summed E-state index contributed by atoms with van der Waals surface area (Å²) in [5, 5.41) is 0. The third-order valence-electron chi connectivity index (χ3n) is 3.39. The van der Waals surface area contributed by atoms with Gasteiger partial charge in [0.2, 0.25) is 0 Å². The van der Waals surface area contributed by atoms with Gasteiger partial charge in [0.15, 0.2) is 0 Å². The van der Waals surface area contributed by atoms with Gasteiger partial charge in [-0.15, -0.1) is 0 Å². The highest BCUT2D eigenvalue weighted by Gasteiger charge is 2.36. The Morgan fingerprint density at radius 2 is 1.59 bits per heavy atom. The number of ether oxygens (including phenoxy) is 1. The molecule has 0 aliphatic rings. The second kappa shape index (κ2) is 8.16. The van der Waals surface area contributed by atoms with Crippen LogP contribution in [0.25, 0.3) is 0 Å². The molecule has 1 aromatic carbocycles. The van der Waals surface area contributed by atoms with Gasteiger partial charge in [0.05, 0.1) is 0 Å². The summed E-state index contributed by atoms with van der Waals surface area (Å²) in [5.74, 6) is 0. The van der Waals surface area contributed by atoms with Crippen molar-refractivity contribution in [2.24, 2.45) is 0 Å². The summed E-state index contributed by atoms with van der Waals surface area (Å²) in [4.78, 5) is 0. The fourth-order valence-electron chi connectivity index (χ4n) is 2.29. The molecule has 1 heteroatoms. The number of rotatable bonds is 8. The zero-order chi connectivity index (χ0) is 16.6. The maximum atomic E-state index is 5.91. The minimum absolute atomic E-state index is 0.789. The average molecular weight is 292 g/mol. The van der Waals surface area contributed by atoms with Gasteiger partial charge in [-0.2, -0.15) is 0 Å². The van der Waals surface area contributed by atoms with Crippen molar-refractivity contribution in [3.8, 4) is 0 Å². The minimum atomic E-state index is -0.813. The van der Waals surface area contributed by atoms with E-state index in [9.17, 15) is 0 Å². The molecule has 0 fully saturated rings. The second-order valence-corrected chi connectivity index (χ2v) is 5.08. The molecule has 0 radical (unpaired) electrons. The largest absolute Gasteiger partial charge is 0.364 e. The molecule has 0 saturated carbocycles. The van der Waals surface area contributed by atoms with Gasteiger partial charge in [0, 0.05) is 7.11 Å². The first kappa shape index (κ1) is 17.7. The SMILES string of the molecule is C=C/C=C\C(=C)C(OC)(C(=C)/C=C\C(=C)C)c1ccccc1. The Morgan fingerprint density at radius 3 is 2.09 bits per heavy atom. The van der Waals surface area contributed by atoms with E-state index in [0.29, 0.717) is 0 Å². The molecule has 1 nitrogen and oxygen atoms in total. The molecule has 0 aromatic heterocycles. The van der Waals surface area contributed by atoms with Crippen LogP contribution in [0.5, 0.6) is 0 Å². The van der Waals surface area contributed by atoms with Crippen LogP contribution in [0.1, 0.15) is 12.5 Å². The van der Waals surface area contributed by atoms with E-state index in [4.69, 9.17) is 4.74 Å². The van der Waals surface area contributed by atoms with Crippen LogP contribution < -0.4 is 0 Å². The summed E-state index contributed by atoms with van der Waals surface area (Å²) in [6.07, 6.45) is 9.29. The van der Waals surface area contributed by atoms with Crippen LogP contribution >= 0.6 is 0 Å². The molecule has 0 aliphatic carbocycles. The molecule has 1 rings (SSSR count). The fourth-order valence-corrected chi connectivity index (χ4v) is 2.29. The Morgan fingerprint density at radius 1 is 1.00 bits per heavy atom. The number of allylic oxidation sites excluding steroid dienone is 4. The quantitative estimate of drug-likeness (QED) is 0.574. The molecule has 114 valence electrons. The lowest BCUT2D eigenvalue weighted by molar-refractivity contribution is 0.0580. The van der Waals surface area contributed by atoms with E-state index in [0.717, 1.165) is 22.3 Å². The Balaban J connectivity index is 3.44. The van der Waals surface area contributed by atoms with E-state index < -0.39 is 5.60 Å². The van der Waals surface area contributed by atoms with Crippen LogP contribution in [-0.4, -0.2) is 7.11 Å². The van der Waals surface area contributed by atoms with Gasteiger partial charge in [0.25, 0.3) is 0 Å². The predicted octanol–water partition coefficient (Wildman–Crippen LogP) is 5.52. The van der Waals surface area contributed by atoms with Gasteiger partial charge in [-0.25, -0.2) is 0 Å². The maximum Gasteiger partial charge on any atom is 0.142 e. The van der Waals surface area contributed by atoms with Crippen LogP contribution in [0.2, 0.25) is 0 Å². The predicted molar refractivity (Wildman–Crippen MR) is 96.7 cm³/mol. The molecule has 0 heterocycles. The van der Waals surface area contributed by atoms with Crippen molar-refractivity contribution in [3.05, 3.63) is 109 Å². The highest BCUT2D eigenvalue weighted by atomic mass is 16.5. The first-order chi connectivity index (χ1) is 10.5. The molecular formula is C21H24O. The summed E-state index contributed by atoms with van der Waals surface area (Å²) < 4.78 is 5.91. The van der Waals surface area contributed by atoms with Gasteiger partial charge in [-0.1, -0.05) is 92.6 Å². The molecule has 1 atom stereocenters. The van der Waals surface area contributed by atoms with Crippen molar-refractivity contribution < 1.29 is 4.74 Å². The number of methoxy groups -OCH3 is 1. The molecule has 22 heavy (non-hydrogen) atoms. The van der Waals surface area contributed by atoms with Crippen LogP contribution in [0.15, 0.2) is 104 Å². The molecule has 1 unspecified atom stereocenters. The van der Waals surface area contributed by atoms with Crippen LogP contribution in [0, 0.1) is 0 Å². The van der Waals surface area contributed by atoms with E-state index in [1.807, 2.05) is 61.6 Å². The zero-order valence-electron chi connectivity index (χ0n) is 13.5. The van der Waals surface area contributed by atoms with Gasteiger partial charge in [-0.05, 0) is 23.6 Å². The second-order valence-electron chi connectivity index (χ2n) is 5.08. The number of benzene rings is 1. The van der Waals surface area contributed by atoms with E-state index in [2.05, 4.69) is 26.3 Å². The van der Waals surface area contributed by atoms with Gasteiger partial charge in [-0.3, -0.25) is 0 Å². The standard InChI is InChI=1S/C21H24O/c1-7-8-12-18(4)21(22-6,19(5)16-15-17(2)3)20-13-10-9-11-14-20/h7-16H,1-2,4-5H2,3,6H3/b12-8-,16-15-. The van der Waals surface area contributed by atoms with Crippen LogP contribution in [0.4, 0.5) is 0 Å². The summed E-state index contributed by atoms with van der Waals surface area (Å²) in [6.45, 7) is 17.9. The summed E-state index contributed by atoms with van der Waals surface area (Å²) in [5.41, 5.74) is 2.70. The lowest BCUT2D eigenvalue weighted by atomic mass is 9.80. The minimum Gasteiger partial charge on any atom is -0.364 e. The van der Waals surface area contributed by atoms with Crippen LogP contribution in [0.3, 0.4) is 0 Å². The third kappa shape index (κ3) is 3.84. The molecule has 0 spiro atoms. The van der Waals surface area contributed by atoms with E-state index >= 15 is 0 Å². The van der Waals surface area contributed by atoms with Crippen molar-refractivity contribution in [1.29, 1.82) is 0 Å². The van der Waals surface area contributed by atoms with E-state index in [1.165, 1.54) is 0 Å². The Hall–Kier alpha value is -2.38. The Bertz CT molecular complexity index is 617. The summed E-state index contributed by atoms with van der Waals surface area (Å²) >= 11 is 0. The summed E-state index contributed by atoms with van der Waals surface area (Å²) in [6, 6.07) is 9.94.